The summed E-state index contributed by atoms with van der Waals surface area (Å²) in [5.41, 5.74) is 1.85. The van der Waals surface area contributed by atoms with Gasteiger partial charge in [-0.2, -0.15) is 0 Å². The molecule has 0 saturated heterocycles. The number of hydrogen-bond donors (Lipinski definition) is 0. The zero-order valence-corrected chi connectivity index (χ0v) is 11.3. The predicted octanol–water partition coefficient (Wildman–Crippen LogP) is 4.25. The summed E-state index contributed by atoms with van der Waals surface area (Å²) in [6.45, 7) is 4.93. The van der Waals surface area contributed by atoms with Crippen LogP contribution < -0.4 is 4.74 Å². The van der Waals surface area contributed by atoms with E-state index in [9.17, 15) is 4.79 Å². The summed E-state index contributed by atoms with van der Waals surface area (Å²) in [5, 5.41) is 0. The minimum Gasteiger partial charge on any atom is -0.494 e. The van der Waals surface area contributed by atoms with Crippen molar-refractivity contribution >= 4 is 12.4 Å². The molecule has 0 N–H and O–H groups in total. The highest BCUT2D eigenvalue weighted by molar-refractivity contribution is 5.81. The van der Waals surface area contributed by atoms with Crippen LogP contribution in [0.1, 0.15) is 45.1 Å². The number of ether oxygens (including phenoxy) is 1. The van der Waals surface area contributed by atoms with E-state index in [2.05, 4.69) is 6.92 Å². The standard InChI is InChI=1S/C16H22O2/c1-3-5-6-11-18-16-9-7-15(8-10-16)12-14(4-2)13-17/h7-10,12-13H,3-6,11H2,1-2H3. The fourth-order valence-electron chi connectivity index (χ4n) is 1.64. The molecular formula is C16H22O2. The lowest BCUT2D eigenvalue weighted by Crippen LogP contribution is -1.96. The van der Waals surface area contributed by atoms with Crippen LogP contribution in [0.2, 0.25) is 0 Å². The molecule has 0 aromatic heterocycles. The van der Waals surface area contributed by atoms with Gasteiger partial charge in [0.25, 0.3) is 0 Å². The molecule has 0 radical (unpaired) electrons. The molecule has 0 aliphatic heterocycles. The largest absolute Gasteiger partial charge is 0.494 e. The van der Waals surface area contributed by atoms with Crippen molar-refractivity contribution in [1.29, 1.82) is 0 Å². The van der Waals surface area contributed by atoms with Crippen LogP contribution in [0.5, 0.6) is 5.75 Å². The summed E-state index contributed by atoms with van der Waals surface area (Å²) in [4.78, 5) is 10.7. The van der Waals surface area contributed by atoms with Crippen molar-refractivity contribution in [3.63, 3.8) is 0 Å². The molecule has 1 rings (SSSR count). The van der Waals surface area contributed by atoms with Gasteiger partial charge in [0, 0.05) is 0 Å². The Balaban J connectivity index is 2.52. The lowest BCUT2D eigenvalue weighted by Gasteiger charge is -2.05. The molecule has 0 amide bonds. The lowest BCUT2D eigenvalue weighted by atomic mass is 10.1. The molecular weight excluding hydrogens is 224 g/mol. The van der Waals surface area contributed by atoms with Crippen molar-refractivity contribution in [1.82, 2.24) is 0 Å². The highest BCUT2D eigenvalue weighted by Gasteiger charge is 1.96. The number of hydrogen-bond acceptors (Lipinski definition) is 2. The van der Waals surface area contributed by atoms with Crippen molar-refractivity contribution in [2.45, 2.75) is 39.5 Å². The molecule has 98 valence electrons. The normalized spacial score (nSPS) is 11.3. The van der Waals surface area contributed by atoms with Crippen LogP contribution in [0.25, 0.3) is 6.08 Å². The molecule has 0 aliphatic carbocycles. The first-order valence-corrected chi connectivity index (χ1v) is 6.68. The smallest absolute Gasteiger partial charge is 0.146 e. The van der Waals surface area contributed by atoms with Gasteiger partial charge in [0.1, 0.15) is 12.0 Å². The van der Waals surface area contributed by atoms with E-state index in [0.29, 0.717) is 0 Å². The number of benzene rings is 1. The minimum absolute atomic E-state index is 0.763. The first-order chi connectivity index (χ1) is 8.80. The Labute approximate surface area is 110 Å². The fourth-order valence-corrected chi connectivity index (χ4v) is 1.64. The van der Waals surface area contributed by atoms with E-state index in [-0.39, 0.29) is 0 Å². The summed E-state index contributed by atoms with van der Waals surface area (Å²) in [5.74, 6) is 0.896. The molecule has 0 aliphatic rings. The van der Waals surface area contributed by atoms with Crippen LogP contribution in [0, 0.1) is 0 Å². The maximum atomic E-state index is 10.7. The minimum atomic E-state index is 0.763. The molecule has 1 aromatic carbocycles. The van der Waals surface area contributed by atoms with Crippen molar-refractivity contribution in [2.24, 2.45) is 0 Å². The summed E-state index contributed by atoms with van der Waals surface area (Å²) in [6.07, 6.45) is 7.10. The van der Waals surface area contributed by atoms with Gasteiger partial charge in [-0.05, 0) is 42.2 Å². The van der Waals surface area contributed by atoms with Gasteiger partial charge in [-0.1, -0.05) is 38.8 Å². The number of allylic oxidation sites excluding steroid dienone is 1. The second kappa shape index (κ2) is 8.51. The Bertz CT molecular complexity index is 377. The maximum absolute atomic E-state index is 10.7. The van der Waals surface area contributed by atoms with Crippen molar-refractivity contribution in [2.75, 3.05) is 6.61 Å². The first-order valence-electron chi connectivity index (χ1n) is 6.68. The second-order valence-electron chi connectivity index (χ2n) is 4.32. The van der Waals surface area contributed by atoms with E-state index in [1.165, 1.54) is 12.8 Å². The molecule has 0 saturated carbocycles. The van der Waals surface area contributed by atoms with Crippen molar-refractivity contribution < 1.29 is 9.53 Å². The molecule has 0 unspecified atom stereocenters. The molecule has 0 heterocycles. The average Bonchev–Trinajstić information content (AvgIpc) is 2.42. The molecule has 0 atom stereocenters. The fraction of sp³-hybridized carbons (Fsp3) is 0.438. The molecule has 1 aromatic rings. The molecule has 0 bridgehead atoms. The van der Waals surface area contributed by atoms with Gasteiger partial charge in [-0.25, -0.2) is 0 Å². The van der Waals surface area contributed by atoms with E-state index in [1.54, 1.807) is 0 Å². The summed E-state index contributed by atoms with van der Waals surface area (Å²) >= 11 is 0. The zero-order chi connectivity index (χ0) is 13.2. The molecule has 2 heteroatoms. The summed E-state index contributed by atoms with van der Waals surface area (Å²) in [7, 11) is 0. The van der Waals surface area contributed by atoms with Crippen LogP contribution in [-0.4, -0.2) is 12.9 Å². The zero-order valence-electron chi connectivity index (χ0n) is 11.3. The van der Waals surface area contributed by atoms with E-state index < -0.39 is 0 Å². The van der Waals surface area contributed by atoms with Crippen LogP contribution in [0.4, 0.5) is 0 Å². The third-order valence-corrected chi connectivity index (χ3v) is 2.81. The van der Waals surface area contributed by atoms with Gasteiger partial charge < -0.3 is 4.74 Å². The summed E-state index contributed by atoms with van der Waals surface area (Å²) in [6, 6.07) is 7.87. The third kappa shape index (κ3) is 5.17. The van der Waals surface area contributed by atoms with Crippen LogP contribution >= 0.6 is 0 Å². The topological polar surface area (TPSA) is 26.3 Å². The van der Waals surface area contributed by atoms with Crippen molar-refractivity contribution in [3.05, 3.63) is 35.4 Å². The Hall–Kier alpha value is -1.57. The van der Waals surface area contributed by atoms with E-state index in [1.807, 2.05) is 37.3 Å². The maximum Gasteiger partial charge on any atom is 0.146 e. The van der Waals surface area contributed by atoms with Gasteiger partial charge in [0.15, 0.2) is 0 Å². The van der Waals surface area contributed by atoms with Gasteiger partial charge in [-0.15, -0.1) is 0 Å². The quantitative estimate of drug-likeness (QED) is 0.389. The molecule has 2 nitrogen and oxygen atoms in total. The van der Waals surface area contributed by atoms with E-state index >= 15 is 0 Å². The van der Waals surface area contributed by atoms with Crippen LogP contribution in [0.3, 0.4) is 0 Å². The van der Waals surface area contributed by atoms with Gasteiger partial charge in [0.2, 0.25) is 0 Å². The van der Waals surface area contributed by atoms with Gasteiger partial charge in [-0.3, -0.25) is 4.79 Å². The monoisotopic (exact) mass is 246 g/mol. The number of carbonyl (C=O) groups excluding carboxylic acids is 1. The summed E-state index contributed by atoms with van der Waals surface area (Å²) < 4.78 is 5.63. The third-order valence-electron chi connectivity index (χ3n) is 2.81. The van der Waals surface area contributed by atoms with E-state index in [4.69, 9.17) is 4.74 Å². The molecule has 0 spiro atoms. The number of unbranched alkanes of at least 4 members (excludes halogenated alkanes) is 2. The highest BCUT2D eigenvalue weighted by atomic mass is 16.5. The Morgan fingerprint density at radius 3 is 2.44 bits per heavy atom. The second-order valence-corrected chi connectivity index (χ2v) is 4.32. The van der Waals surface area contributed by atoms with Crippen LogP contribution in [-0.2, 0) is 4.79 Å². The lowest BCUT2D eigenvalue weighted by molar-refractivity contribution is -0.104. The van der Waals surface area contributed by atoms with E-state index in [0.717, 1.165) is 42.6 Å². The Morgan fingerprint density at radius 1 is 1.17 bits per heavy atom. The Kier molecular flexibility index (Phi) is 6.85. The number of carbonyl (C=O) groups is 1. The van der Waals surface area contributed by atoms with Gasteiger partial charge in [0.05, 0.1) is 6.61 Å². The highest BCUT2D eigenvalue weighted by Crippen LogP contribution is 2.15. The SMILES string of the molecule is CCCCCOc1ccc(C=C(C=O)CC)cc1. The molecule has 18 heavy (non-hydrogen) atoms. The number of aldehydes is 1. The number of rotatable bonds is 8. The Morgan fingerprint density at radius 2 is 1.89 bits per heavy atom. The van der Waals surface area contributed by atoms with Crippen molar-refractivity contribution in [3.8, 4) is 5.75 Å². The first kappa shape index (κ1) is 14.5. The van der Waals surface area contributed by atoms with Gasteiger partial charge >= 0.3 is 0 Å². The molecule has 0 fully saturated rings. The van der Waals surface area contributed by atoms with Crippen LogP contribution in [0.15, 0.2) is 29.8 Å². The average molecular weight is 246 g/mol. The predicted molar refractivity (Wildman–Crippen MR) is 75.8 cm³/mol.